The number of esters is 1. The van der Waals surface area contributed by atoms with E-state index in [1.54, 1.807) is 41.4 Å². The van der Waals surface area contributed by atoms with Gasteiger partial charge in [-0.3, -0.25) is 28.7 Å². The zero-order chi connectivity index (χ0) is 42.7. The Hall–Kier alpha value is -4.69. The van der Waals surface area contributed by atoms with Gasteiger partial charge in [-0.25, -0.2) is 9.48 Å². The van der Waals surface area contributed by atoms with Crippen LogP contribution in [0.1, 0.15) is 104 Å². The summed E-state index contributed by atoms with van der Waals surface area (Å²) in [5.41, 5.74) is 0.980. The third kappa shape index (κ3) is 9.12. The van der Waals surface area contributed by atoms with Crippen molar-refractivity contribution in [3.63, 3.8) is 0 Å². The number of fused-ring (bicyclic) bond motifs is 2. The molecular weight excluding hydrogens is 821 g/mol. The molecule has 16 heteroatoms. The van der Waals surface area contributed by atoms with E-state index in [1.807, 2.05) is 24.1 Å². The molecule has 1 saturated carbocycles. The molecule has 324 valence electrons. The number of halogens is 1. The molecule has 2 aromatic carbocycles. The minimum atomic E-state index is -4.55. The van der Waals surface area contributed by atoms with Crippen LogP contribution < -0.4 is 14.9 Å². The van der Waals surface area contributed by atoms with E-state index < -0.39 is 43.4 Å². The second-order valence-corrected chi connectivity index (χ2v) is 19.9. The average molecular weight is 874 g/mol. The summed E-state index contributed by atoms with van der Waals surface area (Å²) in [5.74, 6) is -3.31. The van der Waals surface area contributed by atoms with Gasteiger partial charge in [-0.1, -0.05) is 50.1 Å². The number of benzene rings is 2. The number of likely N-dealkylation sites (tertiary alicyclic amines) is 1. The van der Waals surface area contributed by atoms with Crippen molar-refractivity contribution in [3.8, 4) is 5.75 Å². The van der Waals surface area contributed by atoms with Crippen LogP contribution in [0.2, 0.25) is 0 Å². The molecular formula is C45H53FN5O8PS. The molecule has 3 aliphatic heterocycles. The number of carbonyl (C=O) groups is 4. The van der Waals surface area contributed by atoms with Crippen molar-refractivity contribution < 1.29 is 42.1 Å². The van der Waals surface area contributed by atoms with Gasteiger partial charge < -0.3 is 29.1 Å². The molecule has 61 heavy (non-hydrogen) atoms. The van der Waals surface area contributed by atoms with Crippen LogP contribution in [0.4, 0.5) is 4.39 Å². The first kappa shape index (κ1) is 43.0. The van der Waals surface area contributed by atoms with E-state index >= 15 is 4.39 Å². The molecule has 0 bridgehead atoms. The van der Waals surface area contributed by atoms with E-state index in [4.69, 9.17) is 14.0 Å². The van der Waals surface area contributed by atoms with Gasteiger partial charge in [-0.2, -0.15) is 0 Å². The second-order valence-electron chi connectivity index (χ2n) is 16.7. The van der Waals surface area contributed by atoms with E-state index in [0.29, 0.717) is 40.8 Å². The Morgan fingerprint density at radius 2 is 1.84 bits per heavy atom. The van der Waals surface area contributed by atoms with Crippen LogP contribution in [0.25, 0.3) is 10.1 Å². The van der Waals surface area contributed by atoms with Crippen molar-refractivity contribution in [2.24, 2.45) is 0 Å². The first-order chi connectivity index (χ1) is 29.5. The largest absolute Gasteiger partial charge is 0.464 e. The summed E-state index contributed by atoms with van der Waals surface area (Å²) in [6, 6.07) is 15.6. The summed E-state index contributed by atoms with van der Waals surface area (Å²) in [6.07, 6.45) is 11.3. The van der Waals surface area contributed by atoms with Gasteiger partial charge in [0.1, 0.15) is 23.9 Å². The Kier molecular flexibility index (Phi) is 12.9. The molecule has 1 spiro atoms. The van der Waals surface area contributed by atoms with Gasteiger partial charge in [0.05, 0.1) is 18.1 Å². The van der Waals surface area contributed by atoms with Crippen molar-refractivity contribution in [2.75, 3.05) is 26.9 Å². The fourth-order valence-corrected chi connectivity index (χ4v) is 12.1. The van der Waals surface area contributed by atoms with Gasteiger partial charge >= 0.3 is 13.5 Å². The number of amides is 3. The molecule has 5 heterocycles. The Balaban J connectivity index is 0.988. The number of nitrogens with zero attached hydrogens (tertiary/aromatic N) is 3. The Morgan fingerprint density at radius 3 is 2.57 bits per heavy atom. The second kappa shape index (κ2) is 18.3. The minimum absolute atomic E-state index is 0.00540. The fraction of sp³-hybridized carbons (Fsp3) is 0.489. The molecule has 0 radical (unpaired) electrons. The lowest BCUT2D eigenvalue weighted by atomic mass is 9.97. The van der Waals surface area contributed by atoms with Gasteiger partial charge in [-0.15, -0.1) is 11.3 Å². The maximum Gasteiger partial charge on any atom is 0.355 e. The lowest BCUT2D eigenvalue weighted by Gasteiger charge is -2.37. The van der Waals surface area contributed by atoms with Crippen LogP contribution in [0, 0.1) is 0 Å². The standard InChI is InChI=1S/C45H53FN5O8PS/c1-3-22-58-44(55)36(28-57-2)49-60(56,59-34-12-5-4-6-13-34)40(46)29-15-18-38-31(23-29)24-39(61-38)41(52)48-35-14-8-7-11-33-16-17-37(51(33)42(35)53)43(54)50-27-32(25-45(50)19-20-45)30-10-9-21-47-26-30/h4-6,9-10,12-13,15,18,21,23-24,26,32-33,35-37,40H,3,7-8,11,14,16-17,19-20,22,25,27-28H2,1-2H3,(H,48,52)(H,49,56)/t32-,33-,35-,36-,37-,40+,60?/m0/s1. The molecule has 13 nitrogen and oxygen atoms in total. The van der Waals surface area contributed by atoms with Crippen LogP contribution in [0.3, 0.4) is 0 Å². The third-order valence-corrected chi connectivity index (χ3v) is 15.7. The molecule has 2 aromatic heterocycles. The van der Waals surface area contributed by atoms with Crippen molar-refractivity contribution in [1.82, 2.24) is 25.2 Å². The summed E-state index contributed by atoms with van der Waals surface area (Å²) in [5, 5.41) is 6.14. The fourth-order valence-electron chi connectivity index (χ4n) is 9.29. The maximum atomic E-state index is 16.7. The number of aromatic nitrogens is 1. The molecule has 8 rings (SSSR count). The van der Waals surface area contributed by atoms with Crippen LogP contribution in [-0.4, -0.2) is 95.0 Å². The van der Waals surface area contributed by atoms with E-state index in [0.717, 1.165) is 50.5 Å². The SMILES string of the molecule is CCCOC(=O)[C@H](COC)NP(=O)(Oc1ccccc1)[C@@H](F)c1ccc2sc(C(=O)N[C@H]3CCCC[C@H]4CC[C@@H](C(=O)N5C[C@@H](c6cccnc6)CC56CC6)N4C3=O)cc2c1. The summed E-state index contributed by atoms with van der Waals surface area (Å²) in [7, 11) is -3.19. The summed E-state index contributed by atoms with van der Waals surface area (Å²) in [4.78, 5) is 64.3. The van der Waals surface area contributed by atoms with Crippen LogP contribution in [0.15, 0.2) is 79.1 Å². The lowest BCUT2D eigenvalue weighted by molar-refractivity contribution is -0.148. The number of nitrogens with one attached hydrogen (secondary N) is 2. The van der Waals surface area contributed by atoms with Crippen molar-refractivity contribution in [1.29, 1.82) is 0 Å². The first-order valence-electron chi connectivity index (χ1n) is 21.3. The number of hydrogen-bond acceptors (Lipinski definition) is 10. The smallest absolute Gasteiger partial charge is 0.355 e. The number of thiophene rings is 1. The predicted octanol–water partition coefficient (Wildman–Crippen LogP) is 7.68. The molecule has 1 aliphatic carbocycles. The Morgan fingerprint density at radius 1 is 1.03 bits per heavy atom. The normalized spacial score (nSPS) is 24.0. The molecule has 2 N–H and O–H groups in total. The predicted molar refractivity (Wildman–Crippen MR) is 229 cm³/mol. The molecule has 7 atom stereocenters. The molecule has 1 unspecified atom stereocenters. The number of carbonyl (C=O) groups excluding carboxylic acids is 4. The highest BCUT2D eigenvalue weighted by molar-refractivity contribution is 7.57. The highest BCUT2D eigenvalue weighted by Gasteiger charge is 2.58. The highest BCUT2D eigenvalue weighted by Crippen LogP contribution is 2.58. The van der Waals surface area contributed by atoms with Gasteiger partial charge in [0.25, 0.3) is 5.91 Å². The molecule has 4 aliphatic rings. The van der Waals surface area contributed by atoms with E-state index in [9.17, 15) is 23.7 Å². The van der Waals surface area contributed by atoms with E-state index in [1.165, 1.54) is 42.7 Å². The number of hydrogen-bond donors (Lipinski definition) is 2. The summed E-state index contributed by atoms with van der Waals surface area (Å²) < 4.78 is 48.2. The third-order valence-electron chi connectivity index (χ3n) is 12.5. The topological polar surface area (TPSA) is 156 Å². The minimum Gasteiger partial charge on any atom is -0.464 e. The highest BCUT2D eigenvalue weighted by atomic mass is 32.1. The lowest BCUT2D eigenvalue weighted by Crippen LogP contribution is -2.57. The maximum absolute atomic E-state index is 16.7. The van der Waals surface area contributed by atoms with Crippen molar-refractivity contribution in [2.45, 2.75) is 113 Å². The first-order valence-corrected chi connectivity index (χ1v) is 23.8. The quantitative estimate of drug-likeness (QED) is 0.0898. The number of pyridine rings is 1. The van der Waals surface area contributed by atoms with Gasteiger partial charge in [0, 0.05) is 48.2 Å². The zero-order valence-electron chi connectivity index (χ0n) is 34.5. The summed E-state index contributed by atoms with van der Waals surface area (Å²) in [6.45, 7) is 2.32. The van der Waals surface area contributed by atoms with Crippen LogP contribution in [0.5, 0.6) is 5.75 Å². The number of para-hydroxylation sites is 1. The van der Waals surface area contributed by atoms with Gasteiger partial charge in [-0.05, 0) is 104 Å². The molecule has 3 amide bonds. The average Bonchev–Trinajstić information content (AvgIpc) is 3.54. The Labute approximate surface area is 359 Å². The van der Waals surface area contributed by atoms with Gasteiger partial charge in [0.15, 0.2) is 0 Å². The number of ether oxygens (including phenoxy) is 2. The number of methoxy groups -OCH3 is 1. The number of rotatable bonds is 15. The van der Waals surface area contributed by atoms with Crippen molar-refractivity contribution in [3.05, 3.63) is 95.1 Å². The molecule has 4 aromatic rings. The van der Waals surface area contributed by atoms with Crippen molar-refractivity contribution >= 4 is 52.6 Å². The zero-order valence-corrected chi connectivity index (χ0v) is 36.2. The number of alkyl halides is 1. The molecule has 3 saturated heterocycles. The van der Waals surface area contributed by atoms with Crippen LogP contribution in [-0.2, 0) is 28.4 Å². The van der Waals surface area contributed by atoms with E-state index in [-0.39, 0.29) is 53.8 Å². The van der Waals surface area contributed by atoms with E-state index in [2.05, 4.69) is 21.5 Å². The van der Waals surface area contributed by atoms with Gasteiger partial charge in [0.2, 0.25) is 17.7 Å². The summed E-state index contributed by atoms with van der Waals surface area (Å²) >= 11 is 1.19. The molecule has 4 fully saturated rings. The monoisotopic (exact) mass is 873 g/mol. The Bertz CT molecular complexity index is 2280. The van der Waals surface area contributed by atoms with Crippen LogP contribution >= 0.6 is 18.9 Å².